The number of nitrogens with zero attached hydrogens (tertiary/aromatic N) is 4. The zero-order chi connectivity index (χ0) is 9.84. The van der Waals surface area contributed by atoms with Crippen LogP contribution >= 0.6 is 11.6 Å². The largest absolute Gasteiger partial charge is 0.298 e. The number of rotatable bonds is 4. The Balaban J connectivity index is 2.45. The van der Waals surface area contributed by atoms with Gasteiger partial charge in [0.05, 0.1) is 6.54 Å². The molecule has 0 fully saturated rings. The molecule has 0 N–H and O–H groups in total. The van der Waals surface area contributed by atoms with Gasteiger partial charge in [0, 0.05) is 19.0 Å². The second-order valence-corrected chi connectivity index (χ2v) is 4.02. The quantitative estimate of drug-likeness (QED) is 0.680. The fourth-order valence-corrected chi connectivity index (χ4v) is 1.43. The van der Waals surface area contributed by atoms with Crippen LogP contribution < -0.4 is 0 Å². The lowest BCUT2D eigenvalue weighted by atomic mass is 10.4. The summed E-state index contributed by atoms with van der Waals surface area (Å²) in [5.41, 5.74) is 0. The minimum atomic E-state index is 0.165. The molecule has 1 rings (SSSR count). The molecule has 0 aliphatic carbocycles. The van der Waals surface area contributed by atoms with Crippen LogP contribution in [0.25, 0.3) is 0 Å². The molecule has 0 saturated heterocycles. The van der Waals surface area contributed by atoms with Gasteiger partial charge in [-0.25, -0.2) is 4.98 Å². The maximum Gasteiger partial charge on any atom is 0.140 e. The lowest BCUT2D eigenvalue weighted by molar-refractivity contribution is 0.316. The minimum Gasteiger partial charge on any atom is -0.298 e. The molecule has 0 radical (unpaired) electrons. The summed E-state index contributed by atoms with van der Waals surface area (Å²) in [6.07, 6.45) is 1.56. The van der Waals surface area contributed by atoms with Crippen molar-refractivity contribution in [2.24, 2.45) is 7.05 Å². The first-order valence-electron chi connectivity index (χ1n) is 4.25. The molecule has 4 nitrogen and oxygen atoms in total. The van der Waals surface area contributed by atoms with Gasteiger partial charge in [-0.3, -0.25) is 9.58 Å². The molecule has 0 saturated carbocycles. The summed E-state index contributed by atoms with van der Waals surface area (Å²) in [6, 6.07) is 0. The van der Waals surface area contributed by atoms with E-state index in [0.29, 0.717) is 0 Å². The van der Waals surface area contributed by atoms with E-state index in [2.05, 4.69) is 15.0 Å². The molecule has 0 bridgehead atoms. The third-order valence-corrected chi connectivity index (χ3v) is 1.92. The average molecular weight is 203 g/mol. The highest BCUT2D eigenvalue weighted by atomic mass is 35.5. The molecule has 0 aliphatic rings. The van der Waals surface area contributed by atoms with E-state index in [-0.39, 0.29) is 5.38 Å². The summed E-state index contributed by atoms with van der Waals surface area (Å²) in [5, 5.41) is 4.16. The Morgan fingerprint density at radius 3 is 2.85 bits per heavy atom. The van der Waals surface area contributed by atoms with Gasteiger partial charge in [-0.15, -0.1) is 11.6 Å². The van der Waals surface area contributed by atoms with Crippen LogP contribution in [0.4, 0.5) is 0 Å². The Bertz CT molecular complexity index is 258. The van der Waals surface area contributed by atoms with Crippen LogP contribution in [0.3, 0.4) is 0 Å². The van der Waals surface area contributed by atoms with Gasteiger partial charge in [-0.05, 0) is 14.0 Å². The van der Waals surface area contributed by atoms with Crippen molar-refractivity contribution in [2.45, 2.75) is 18.8 Å². The average Bonchev–Trinajstić information content (AvgIpc) is 2.34. The van der Waals surface area contributed by atoms with Crippen LogP contribution in [-0.4, -0.2) is 38.6 Å². The zero-order valence-corrected chi connectivity index (χ0v) is 8.99. The van der Waals surface area contributed by atoms with Crippen molar-refractivity contribution < 1.29 is 0 Å². The standard InChI is InChI=1S/C8H15ClN4/c1-7(9)4-12(2)5-8-10-6-11-13(8)3/h6-7H,4-5H2,1-3H3. The molecule has 0 amide bonds. The SMILES string of the molecule is CC(Cl)CN(C)Cc1ncnn1C. The molecule has 74 valence electrons. The van der Waals surface area contributed by atoms with E-state index in [1.807, 2.05) is 21.0 Å². The lowest BCUT2D eigenvalue weighted by Crippen LogP contribution is -2.25. The Hall–Kier alpha value is -0.610. The summed E-state index contributed by atoms with van der Waals surface area (Å²) in [6.45, 7) is 3.62. The zero-order valence-electron chi connectivity index (χ0n) is 8.24. The van der Waals surface area contributed by atoms with Crippen LogP contribution in [0.15, 0.2) is 6.33 Å². The molecular weight excluding hydrogens is 188 g/mol. The van der Waals surface area contributed by atoms with Crippen molar-refractivity contribution in [3.05, 3.63) is 12.2 Å². The molecule has 1 unspecified atom stereocenters. The topological polar surface area (TPSA) is 34.0 Å². The Morgan fingerprint density at radius 2 is 2.38 bits per heavy atom. The maximum atomic E-state index is 5.87. The Morgan fingerprint density at radius 1 is 1.69 bits per heavy atom. The van der Waals surface area contributed by atoms with Crippen LogP contribution in [0, 0.1) is 0 Å². The predicted octanol–water partition coefficient (Wildman–Crippen LogP) is 0.874. The van der Waals surface area contributed by atoms with E-state index in [9.17, 15) is 0 Å². The number of hydrogen-bond donors (Lipinski definition) is 0. The van der Waals surface area contributed by atoms with Crippen LogP contribution in [0.2, 0.25) is 0 Å². The van der Waals surface area contributed by atoms with Crippen molar-refractivity contribution in [3.8, 4) is 0 Å². The molecule has 13 heavy (non-hydrogen) atoms. The number of halogens is 1. The molecule has 0 spiro atoms. The summed E-state index contributed by atoms with van der Waals surface area (Å²) < 4.78 is 1.77. The molecule has 1 aromatic rings. The minimum absolute atomic E-state index is 0.165. The highest BCUT2D eigenvalue weighted by Crippen LogP contribution is 2.01. The van der Waals surface area contributed by atoms with Crippen LogP contribution in [0.5, 0.6) is 0 Å². The summed E-state index contributed by atoms with van der Waals surface area (Å²) in [5.74, 6) is 0.958. The molecule has 1 aromatic heterocycles. The fourth-order valence-electron chi connectivity index (χ4n) is 1.20. The van der Waals surface area contributed by atoms with Crippen molar-refractivity contribution in [1.29, 1.82) is 0 Å². The molecule has 5 heteroatoms. The van der Waals surface area contributed by atoms with Gasteiger partial charge in [-0.2, -0.15) is 5.10 Å². The lowest BCUT2D eigenvalue weighted by Gasteiger charge is -2.16. The summed E-state index contributed by atoms with van der Waals surface area (Å²) in [4.78, 5) is 6.26. The van der Waals surface area contributed by atoms with E-state index >= 15 is 0 Å². The van der Waals surface area contributed by atoms with Crippen molar-refractivity contribution >= 4 is 11.6 Å². The van der Waals surface area contributed by atoms with Crippen LogP contribution in [-0.2, 0) is 13.6 Å². The van der Waals surface area contributed by atoms with Crippen molar-refractivity contribution in [2.75, 3.05) is 13.6 Å². The maximum absolute atomic E-state index is 5.87. The Labute approximate surface area is 83.5 Å². The van der Waals surface area contributed by atoms with Gasteiger partial charge in [-0.1, -0.05) is 0 Å². The van der Waals surface area contributed by atoms with Crippen molar-refractivity contribution in [3.63, 3.8) is 0 Å². The summed E-state index contributed by atoms with van der Waals surface area (Å²) >= 11 is 5.87. The van der Waals surface area contributed by atoms with Gasteiger partial charge in [0.25, 0.3) is 0 Å². The number of hydrogen-bond acceptors (Lipinski definition) is 3. The monoisotopic (exact) mass is 202 g/mol. The molecule has 0 aromatic carbocycles. The van der Waals surface area contributed by atoms with Gasteiger partial charge in [0.15, 0.2) is 0 Å². The van der Waals surface area contributed by atoms with Gasteiger partial charge < -0.3 is 0 Å². The second kappa shape index (κ2) is 4.58. The molecule has 1 atom stereocenters. The predicted molar refractivity (Wildman–Crippen MR) is 52.7 cm³/mol. The van der Waals surface area contributed by atoms with Crippen molar-refractivity contribution in [1.82, 2.24) is 19.7 Å². The fraction of sp³-hybridized carbons (Fsp3) is 0.750. The first-order valence-corrected chi connectivity index (χ1v) is 4.68. The number of alkyl halides is 1. The second-order valence-electron chi connectivity index (χ2n) is 3.28. The first kappa shape index (κ1) is 10.5. The van der Waals surface area contributed by atoms with E-state index in [1.165, 1.54) is 0 Å². The Kier molecular flexibility index (Phi) is 3.69. The third-order valence-electron chi connectivity index (χ3n) is 1.78. The third kappa shape index (κ3) is 3.32. The highest BCUT2D eigenvalue weighted by molar-refractivity contribution is 6.20. The number of aromatic nitrogens is 3. The smallest absolute Gasteiger partial charge is 0.140 e. The van der Waals surface area contributed by atoms with Gasteiger partial charge in [0.2, 0.25) is 0 Å². The molecule has 0 aliphatic heterocycles. The van der Waals surface area contributed by atoms with E-state index in [0.717, 1.165) is 18.9 Å². The van der Waals surface area contributed by atoms with Crippen LogP contribution in [0.1, 0.15) is 12.7 Å². The highest BCUT2D eigenvalue weighted by Gasteiger charge is 2.07. The van der Waals surface area contributed by atoms with E-state index in [4.69, 9.17) is 11.6 Å². The van der Waals surface area contributed by atoms with Gasteiger partial charge in [0.1, 0.15) is 12.2 Å². The van der Waals surface area contributed by atoms with Gasteiger partial charge >= 0.3 is 0 Å². The number of aryl methyl sites for hydroxylation is 1. The normalized spacial score (nSPS) is 13.6. The van der Waals surface area contributed by atoms with E-state index < -0.39 is 0 Å². The first-order chi connectivity index (χ1) is 6.09. The molecule has 1 heterocycles. The summed E-state index contributed by atoms with van der Waals surface area (Å²) in [7, 11) is 3.91. The molecular formula is C8H15ClN4. The van der Waals surface area contributed by atoms with E-state index in [1.54, 1.807) is 11.0 Å².